The van der Waals surface area contributed by atoms with Crippen LogP contribution in [0.5, 0.6) is 0 Å². The second kappa shape index (κ2) is 5.35. The Balaban J connectivity index is 2.18. The third kappa shape index (κ3) is 2.61. The lowest BCUT2D eigenvalue weighted by molar-refractivity contribution is 0.0697. The highest BCUT2D eigenvalue weighted by Crippen LogP contribution is 2.22. The third-order valence-electron chi connectivity index (χ3n) is 3.35. The molecule has 0 saturated carbocycles. The molecule has 0 unspecified atom stereocenters. The van der Waals surface area contributed by atoms with Crippen molar-refractivity contribution in [2.75, 3.05) is 37.6 Å². The van der Waals surface area contributed by atoms with E-state index < -0.39 is 5.97 Å². The maximum atomic E-state index is 13.7. The van der Waals surface area contributed by atoms with Gasteiger partial charge in [0.25, 0.3) is 0 Å². The summed E-state index contributed by atoms with van der Waals surface area (Å²) in [5.41, 5.74) is 0.523. The predicted molar refractivity (Wildman–Crippen MR) is 67.7 cm³/mol. The fraction of sp³-hybridized carbons (Fsp3) is 0.462. The highest BCUT2D eigenvalue weighted by molar-refractivity contribution is 5.88. The SMILES string of the molecule is CCN1CCN(c2cc(C(=O)O)ccc2F)CC1. The van der Waals surface area contributed by atoms with Gasteiger partial charge in [-0.1, -0.05) is 6.92 Å². The van der Waals surface area contributed by atoms with Gasteiger partial charge < -0.3 is 14.9 Å². The van der Waals surface area contributed by atoms with E-state index >= 15 is 0 Å². The molecule has 18 heavy (non-hydrogen) atoms. The van der Waals surface area contributed by atoms with Gasteiger partial charge >= 0.3 is 5.97 Å². The molecule has 0 amide bonds. The molecule has 0 radical (unpaired) electrons. The van der Waals surface area contributed by atoms with Crippen LogP contribution in [-0.2, 0) is 0 Å². The number of carboxylic acids is 1. The van der Waals surface area contributed by atoms with Crippen LogP contribution in [-0.4, -0.2) is 48.7 Å². The number of piperazine rings is 1. The largest absolute Gasteiger partial charge is 0.478 e. The number of anilines is 1. The van der Waals surface area contributed by atoms with Crippen LogP contribution >= 0.6 is 0 Å². The molecule has 5 heteroatoms. The van der Waals surface area contributed by atoms with Crippen molar-refractivity contribution in [2.45, 2.75) is 6.92 Å². The smallest absolute Gasteiger partial charge is 0.335 e. The summed E-state index contributed by atoms with van der Waals surface area (Å²) in [7, 11) is 0. The Bertz CT molecular complexity index is 443. The van der Waals surface area contributed by atoms with Crippen LogP contribution in [0, 0.1) is 5.82 Å². The average Bonchev–Trinajstić information content (AvgIpc) is 2.39. The molecule has 1 aromatic carbocycles. The Hall–Kier alpha value is -1.62. The molecule has 0 atom stereocenters. The van der Waals surface area contributed by atoms with E-state index in [0.29, 0.717) is 5.69 Å². The first-order chi connectivity index (χ1) is 8.61. The molecule has 0 bridgehead atoms. The van der Waals surface area contributed by atoms with Gasteiger partial charge in [0.1, 0.15) is 5.82 Å². The minimum absolute atomic E-state index is 0.129. The Morgan fingerprint density at radius 3 is 2.56 bits per heavy atom. The molecule has 1 aromatic rings. The van der Waals surface area contributed by atoms with Crippen molar-refractivity contribution >= 4 is 11.7 Å². The van der Waals surface area contributed by atoms with Gasteiger partial charge in [-0.15, -0.1) is 0 Å². The van der Waals surface area contributed by atoms with Crippen molar-refractivity contribution in [3.05, 3.63) is 29.6 Å². The van der Waals surface area contributed by atoms with Crippen molar-refractivity contribution < 1.29 is 14.3 Å². The van der Waals surface area contributed by atoms with E-state index in [1.54, 1.807) is 0 Å². The van der Waals surface area contributed by atoms with Crippen LogP contribution in [0.2, 0.25) is 0 Å². The first-order valence-corrected chi connectivity index (χ1v) is 6.12. The molecule has 0 spiro atoms. The molecule has 1 saturated heterocycles. The number of nitrogens with zero attached hydrogens (tertiary/aromatic N) is 2. The highest BCUT2D eigenvalue weighted by Gasteiger charge is 2.19. The molecular formula is C13H17FN2O2. The van der Waals surface area contributed by atoms with E-state index in [1.165, 1.54) is 18.2 Å². The summed E-state index contributed by atoms with van der Waals surface area (Å²) in [6.07, 6.45) is 0. The normalized spacial score (nSPS) is 16.9. The number of likely N-dealkylation sites (N-methyl/N-ethyl adjacent to an activating group) is 1. The minimum Gasteiger partial charge on any atom is -0.478 e. The summed E-state index contributed by atoms with van der Waals surface area (Å²) in [5.74, 6) is -1.38. The van der Waals surface area contributed by atoms with Gasteiger partial charge in [0, 0.05) is 26.2 Å². The summed E-state index contributed by atoms with van der Waals surface area (Å²) in [6, 6.07) is 3.94. The number of rotatable bonds is 3. The van der Waals surface area contributed by atoms with E-state index in [4.69, 9.17) is 5.11 Å². The summed E-state index contributed by atoms with van der Waals surface area (Å²) in [4.78, 5) is 15.1. The lowest BCUT2D eigenvalue weighted by atomic mass is 10.1. The first-order valence-electron chi connectivity index (χ1n) is 6.12. The number of carboxylic acid groups (broad SMARTS) is 1. The lowest BCUT2D eigenvalue weighted by Crippen LogP contribution is -2.46. The predicted octanol–water partition coefficient (Wildman–Crippen LogP) is 1.67. The van der Waals surface area contributed by atoms with E-state index in [1.807, 2.05) is 4.90 Å². The van der Waals surface area contributed by atoms with Crippen LogP contribution < -0.4 is 4.90 Å². The van der Waals surface area contributed by atoms with Crippen LogP contribution in [0.15, 0.2) is 18.2 Å². The molecular weight excluding hydrogens is 235 g/mol. The molecule has 1 heterocycles. The molecule has 1 aliphatic heterocycles. The zero-order valence-electron chi connectivity index (χ0n) is 10.4. The molecule has 2 rings (SSSR count). The monoisotopic (exact) mass is 252 g/mol. The van der Waals surface area contributed by atoms with Gasteiger partial charge in [0.2, 0.25) is 0 Å². The Morgan fingerprint density at radius 2 is 2.00 bits per heavy atom. The Labute approximate surface area is 106 Å². The number of carbonyl (C=O) groups is 1. The number of hydrogen-bond acceptors (Lipinski definition) is 3. The van der Waals surface area contributed by atoms with Crippen molar-refractivity contribution in [1.29, 1.82) is 0 Å². The maximum absolute atomic E-state index is 13.7. The van der Waals surface area contributed by atoms with Crippen molar-refractivity contribution in [2.24, 2.45) is 0 Å². The van der Waals surface area contributed by atoms with Crippen molar-refractivity contribution in [3.63, 3.8) is 0 Å². The van der Waals surface area contributed by atoms with Gasteiger partial charge in [0.15, 0.2) is 0 Å². The Morgan fingerprint density at radius 1 is 1.33 bits per heavy atom. The molecule has 98 valence electrons. The molecule has 0 aliphatic carbocycles. The van der Waals surface area contributed by atoms with Crippen LogP contribution in [0.4, 0.5) is 10.1 Å². The van der Waals surface area contributed by atoms with Crippen LogP contribution in [0.25, 0.3) is 0 Å². The quantitative estimate of drug-likeness (QED) is 0.888. The zero-order valence-corrected chi connectivity index (χ0v) is 10.4. The topological polar surface area (TPSA) is 43.8 Å². The van der Waals surface area contributed by atoms with E-state index in [9.17, 15) is 9.18 Å². The van der Waals surface area contributed by atoms with Gasteiger partial charge in [-0.2, -0.15) is 0 Å². The maximum Gasteiger partial charge on any atom is 0.335 e. The lowest BCUT2D eigenvalue weighted by Gasteiger charge is -2.35. The van der Waals surface area contributed by atoms with Crippen LogP contribution in [0.3, 0.4) is 0 Å². The van der Waals surface area contributed by atoms with E-state index in [0.717, 1.165) is 32.7 Å². The summed E-state index contributed by atoms with van der Waals surface area (Å²) >= 11 is 0. The number of hydrogen-bond donors (Lipinski definition) is 1. The average molecular weight is 252 g/mol. The highest BCUT2D eigenvalue weighted by atomic mass is 19.1. The Kier molecular flexibility index (Phi) is 3.81. The molecule has 1 fully saturated rings. The summed E-state index contributed by atoms with van der Waals surface area (Å²) < 4.78 is 13.7. The second-order valence-corrected chi connectivity index (χ2v) is 4.39. The van der Waals surface area contributed by atoms with E-state index in [2.05, 4.69) is 11.8 Å². The minimum atomic E-state index is -1.02. The summed E-state index contributed by atoms with van der Waals surface area (Å²) in [6.45, 7) is 6.31. The molecule has 4 nitrogen and oxygen atoms in total. The van der Waals surface area contributed by atoms with Gasteiger partial charge in [-0.05, 0) is 24.7 Å². The molecule has 1 aliphatic rings. The van der Waals surface area contributed by atoms with Crippen molar-refractivity contribution in [1.82, 2.24) is 4.90 Å². The fourth-order valence-electron chi connectivity index (χ4n) is 2.19. The molecule has 1 N–H and O–H groups in total. The van der Waals surface area contributed by atoms with E-state index in [-0.39, 0.29) is 11.4 Å². The fourth-order valence-corrected chi connectivity index (χ4v) is 2.19. The van der Waals surface area contributed by atoms with Crippen LogP contribution in [0.1, 0.15) is 17.3 Å². The molecule has 0 aromatic heterocycles. The number of benzene rings is 1. The van der Waals surface area contributed by atoms with Gasteiger partial charge in [-0.3, -0.25) is 0 Å². The first kappa shape index (κ1) is 12.8. The van der Waals surface area contributed by atoms with Gasteiger partial charge in [-0.25, -0.2) is 9.18 Å². The summed E-state index contributed by atoms with van der Waals surface area (Å²) in [5, 5.41) is 8.93. The number of halogens is 1. The second-order valence-electron chi connectivity index (χ2n) is 4.39. The third-order valence-corrected chi connectivity index (χ3v) is 3.35. The van der Waals surface area contributed by atoms with Gasteiger partial charge in [0.05, 0.1) is 11.3 Å². The zero-order chi connectivity index (χ0) is 13.1. The standard InChI is InChI=1S/C13H17FN2O2/c1-2-15-5-7-16(8-6-15)12-9-10(13(17)18)3-4-11(12)14/h3-4,9H,2,5-8H2,1H3,(H,17,18). The van der Waals surface area contributed by atoms with Crippen molar-refractivity contribution in [3.8, 4) is 0 Å². The number of aromatic carboxylic acids is 1.